The van der Waals surface area contributed by atoms with Crippen LogP contribution in [0.5, 0.6) is 5.88 Å². The highest BCUT2D eigenvalue weighted by molar-refractivity contribution is 9.10. The first kappa shape index (κ1) is 12.7. The molecule has 0 aliphatic heterocycles. The SMILES string of the molecule is COc1ncccc1C(=O)c1cccc(Br)c1F. The fourth-order valence-electron chi connectivity index (χ4n) is 1.55. The molecule has 1 aromatic heterocycles. The van der Waals surface area contributed by atoms with Crippen LogP contribution < -0.4 is 4.74 Å². The second-order valence-corrected chi connectivity index (χ2v) is 4.35. The van der Waals surface area contributed by atoms with Crippen LogP contribution in [0, 0.1) is 5.82 Å². The molecule has 2 aromatic rings. The molecule has 5 heteroatoms. The van der Waals surface area contributed by atoms with Crippen molar-refractivity contribution in [3.63, 3.8) is 0 Å². The van der Waals surface area contributed by atoms with Crippen molar-refractivity contribution in [3.05, 3.63) is 57.9 Å². The summed E-state index contributed by atoms with van der Waals surface area (Å²) in [5.74, 6) is -0.867. The summed E-state index contributed by atoms with van der Waals surface area (Å²) in [5, 5.41) is 0. The van der Waals surface area contributed by atoms with Gasteiger partial charge in [0.15, 0.2) is 0 Å². The number of pyridine rings is 1. The highest BCUT2D eigenvalue weighted by Crippen LogP contribution is 2.24. The van der Waals surface area contributed by atoms with Gasteiger partial charge in [0.2, 0.25) is 11.7 Å². The maximum absolute atomic E-state index is 13.8. The smallest absolute Gasteiger partial charge is 0.224 e. The number of hydrogen-bond donors (Lipinski definition) is 0. The molecule has 18 heavy (non-hydrogen) atoms. The number of ether oxygens (including phenoxy) is 1. The Morgan fingerprint density at radius 3 is 2.72 bits per heavy atom. The fraction of sp³-hybridized carbons (Fsp3) is 0.0769. The van der Waals surface area contributed by atoms with Crippen molar-refractivity contribution in [3.8, 4) is 5.88 Å². The number of carbonyl (C=O) groups is 1. The van der Waals surface area contributed by atoms with Gasteiger partial charge < -0.3 is 4.74 Å². The van der Waals surface area contributed by atoms with Gasteiger partial charge in [-0.05, 0) is 40.2 Å². The van der Waals surface area contributed by atoms with E-state index < -0.39 is 11.6 Å². The summed E-state index contributed by atoms with van der Waals surface area (Å²) in [4.78, 5) is 16.1. The summed E-state index contributed by atoms with van der Waals surface area (Å²) >= 11 is 3.05. The van der Waals surface area contributed by atoms with E-state index in [1.54, 1.807) is 18.2 Å². The van der Waals surface area contributed by atoms with Crippen LogP contribution in [0.3, 0.4) is 0 Å². The maximum Gasteiger partial charge on any atom is 0.224 e. The first-order chi connectivity index (χ1) is 8.65. The molecule has 0 radical (unpaired) electrons. The number of aromatic nitrogens is 1. The standard InChI is InChI=1S/C13H9BrFNO2/c1-18-13-9(5-3-7-16-13)12(17)8-4-2-6-10(14)11(8)15/h2-7H,1H3. The quantitative estimate of drug-likeness (QED) is 0.817. The van der Waals surface area contributed by atoms with E-state index >= 15 is 0 Å². The molecule has 0 atom stereocenters. The Hall–Kier alpha value is -1.75. The van der Waals surface area contributed by atoms with E-state index in [-0.39, 0.29) is 21.5 Å². The maximum atomic E-state index is 13.8. The third-order valence-corrected chi connectivity index (χ3v) is 3.02. The molecule has 0 N–H and O–H groups in total. The van der Waals surface area contributed by atoms with Gasteiger partial charge in [-0.1, -0.05) is 6.07 Å². The number of halogens is 2. The van der Waals surface area contributed by atoms with Crippen molar-refractivity contribution in [1.29, 1.82) is 0 Å². The monoisotopic (exact) mass is 309 g/mol. The zero-order valence-corrected chi connectivity index (χ0v) is 11.1. The fourth-order valence-corrected chi connectivity index (χ4v) is 1.92. The molecule has 3 nitrogen and oxygen atoms in total. The molecule has 0 saturated heterocycles. The van der Waals surface area contributed by atoms with E-state index in [2.05, 4.69) is 20.9 Å². The summed E-state index contributed by atoms with van der Waals surface area (Å²) in [7, 11) is 1.41. The lowest BCUT2D eigenvalue weighted by Crippen LogP contribution is -2.07. The molecular weight excluding hydrogens is 301 g/mol. The van der Waals surface area contributed by atoms with Crippen LogP contribution in [0.1, 0.15) is 15.9 Å². The number of rotatable bonds is 3. The van der Waals surface area contributed by atoms with E-state index in [4.69, 9.17) is 4.74 Å². The average molecular weight is 310 g/mol. The lowest BCUT2D eigenvalue weighted by atomic mass is 10.0. The Morgan fingerprint density at radius 2 is 2.00 bits per heavy atom. The molecule has 0 saturated carbocycles. The number of carbonyl (C=O) groups excluding carboxylic acids is 1. The van der Waals surface area contributed by atoms with E-state index in [0.717, 1.165) is 0 Å². The van der Waals surface area contributed by atoms with Gasteiger partial charge in [0.25, 0.3) is 0 Å². The van der Waals surface area contributed by atoms with Gasteiger partial charge in [-0.3, -0.25) is 4.79 Å². The third kappa shape index (κ3) is 2.26. The minimum Gasteiger partial charge on any atom is -0.480 e. The Kier molecular flexibility index (Phi) is 3.72. The normalized spacial score (nSPS) is 10.2. The van der Waals surface area contributed by atoms with Crippen LogP contribution in [0.25, 0.3) is 0 Å². The highest BCUT2D eigenvalue weighted by Gasteiger charge is 2.19. The van der Waals surface area contributed by atoms with Crippen LogP contribution in [0.4, 0.5) is 4.39 Å². The van der Waals surface area contributed by atoms with Gasteiger partial charge in [0.05, 0.1) is 22.7 Å². The first-order valence-corrected chi connectivity index (χ1v) is 5.92. The van der Waals surface area contributed by atoms with Crippen molar-refractivity contribution in [1.82, 2.24) is 4.98 Å². The van der Waals surface area contributed by atoms with E-state index in [0.29, 0.717) is 0 Å². The Balaban J connectivity index is 2.52. The minimum absolute atomic E-state index is 0.0179. The largest absolute Gasteiger partial charge is 0.480 e. The van der Waals surface area contributed by atoms with Crippen LogP contribution >= 0.6 is 15.9 Å². The second-order valence-electron chi connectivity index (χ2n) is 3.49. The Morgan fingerprint density at radius 1 is 1.28 bits per heavy atom. The van der Waals surface area contributed by atoms with Crippen LogP contribution in [-0.2, 0) is 0 Å². The molecule has 0 bridgehead atoms. The van der Waals surface area contributed by atoms with Gasteiger partial charge >= 0.3 is 0 Å². The van der Waals surface area contributed by atoms with E-state index in [1.807, 2.05) is 0 Å². The van der Waals surface area contributed by atoms with Crippen LogP contribution in [0.2, 0.25) is 0 Å². The zero-order chi connectivity index (χ0) is 13.1. The third-order valence-electron chi connectivity index (χ3n) is 2.41. The topological polar surface area (TPSA) is 39.2 Å². The van der Waals surface area contributed by atoms with Crippen molar-refractivity contribution >= 4 is 21.7 Å². The Bertz CT molecular complexity index is 601. The van der Waals surface area contributed by atoms with E-state index in [1.165, 1.54) is 25.4 Å². The molecule has 0 aliphatic carbocycles. The lowest BCUT2D eigenvalue weighted by molar-refractivity contribution is 0.103. The molecule has 0 fully saturated rings. The molecule has 1 heterocycles. The average Bonchev–Trinajstić information content (AvgIpc) is 2.41. The van der Waals surface area contributed by atoms with Gasteiger partial charge in [-0.15, -0.1) is 0 Å². The molecule has 0 amide bonds. The number of methoxy groups -OCH3 is 1. The van der Waals surface area contributed by atoms with Crippen molar-refractivity contribution < 1.29 is 13.9 Å². The van der Waals surface area contributed by atoms with Gasteiger partial charge in [-0.2, -0.15) is 0 Å². The molecule has 0 spiro atoms. The lowest BCUT2D eigenvalue weighted by Gasteiger charge is -2.07. The zero-order valence-electron chi connectivity index (χ0n) is 9.48. The van der Waals surface area contributed by atoms with Crippen molar-refractivity contribution in [2.45, 2.75) is 0 Å². The minimum atomic E-state index is -0.589. The summed E-state index contributed by atoms with van der Waals surface area (Å²) < 4.78 is 19.1. The van der Waals surface area contributed by atoms with Gasteiger partial charge in [0.1, 0.15) is 5.82 Å². The molecule has 0 aliphatic rings. The molecule has 1 aromatic carbocycles. The summed E-state index contributed by atoms with van der Waals surface area (Å²) in [6, 6.07) is 7.71. The van der Waals surface area contributed by atoms with Gasteiger partial charge in [-0.25, -0.2) is 9.37 Å². The van der Waals surface area contributed by atoms with Crippen molar-refractivity contribution in [2.75, 3.05) is 7.11 Å². The molecule has 92 valence electrons. The molecule has 2 rings (SSSR count). The molecule has 0 unspecified atom stereocenters. The summed E-state index contributed by atoms with van der Waals surface area (Å²) in [6.07, 6.45) is 1.51. The Labute approximate surface area is 112 Å². The number of benzene rings is 1. The first-order valence-electron chi connectivity index (χ1n) is 5.13. The molecular formula is C13H9BrFNO2. The van der Waals surface area contributed by atoms with Crippen LogP contribution in [-0.4, -0.2) is 17.9 Å². The predicted octanol–water partition coefficient (Wildman–Crippen LogP) is 3.22. The van der Waals surface area contributed by atoms with E-state index in [9.17, 15) is 9.18 Å². The summed E-state index contributed by atoms with van der Waals surface area (Å²) in [5.41, 5.74) is 0.215. The number of ketones is 1. The van der Waals surface area contributed by atoms with Gasteiger partial charge in [0, 0.05) is 6.20 Å². The predicted molar refractivity (Wildman–Crippen MR) is 68.3 cm³/mol. The highest BCUT2D eigenvalue weighted by atomic mass is 79.9. The second kappa shape index (κ2) is 5.27. The number of nitrogens with zero attached hydrogens (tertiary/aromatic N) is 1. The number of hydrogen-bond acceptors (Lipinski definition) is 3. The van der Waals surface area contributed by atoms with Crippen LogP contribution in [0.15, 0.2) is 41.0 Å². The summed E-state index contributed by atoms with van der Waals surface area (Å²) in [6.45, 7) is 0. The van der Waals surface area contributed by atoms with Crippen molar-refractivity contribution in [2.24, 2.45) is 0 Å².